The molecule has 2 fully saturated rings. The Bertz CT molecular complexity index is 369. The topological polar surface area (TPSA) is 27.3 Å². The van der Waals surface area contributed by atoms with E-state index in [-0.39, 0.29) is 24.8 Å². The molecule has 3 nitrogen and oxygen atoms in total. The van der Waals surface area contributed by atoms with Gasteiger partial charge in [0.2, 0.25) is 0 Å². The summed E-state index contributed by atoms with van der Waals surface area (Å²) in [5, 5.41) is 7.08. The zero-order chi connectivity index (χ0) is 12.2. The highest BCUT2D eigenvalue weighted by Crippen LogP contribution is 2.40. The van der Waals surface area contributed by atoms with Gasteiger partial charge in [-0.2, -0.15) is 0 Å². The predicted molar refractivity (Wildman–Crippen MR) is 89.4 cm³/mol. The lowest BCUT2D eigenvalue weighted by Gasteiger charge is -2.27. The number of halogens is 2. The van der Waals surface area contributed by atoms with Crippen molar-refractivity contribution in [2.24, 2.45) is 0 Å². The van der Waals surface area contributed by atoms with Crippen molar-refractivity contribution in [3.05, 3.63) is 35.9 Å². The molecular weight excluding hydrogens is 293 g/mol. The molecule has 114 valence electrons. The van der Waals surface area contributed by atoms with Crippen LogP contribution in [-0.4, -0.2) is 50.2 Å². The molecule has 3 rings (SSSR count). The molecule has 1 unspecified atom stereocenters. The van der Waals surface area contributed by atoms with Crippen molar-refractivity contribution in [2.75, 3.05) is 39.3 Å². The van der Waals surface area contributed by atoms with Crippen LogP contribution in [0.2, 0.25) is 0 Å². The van der Waals surface area contributed by atoms with Gasteiger partial charge in [-0.25, -0.2) is 0 Å². The van der Waals surface area contributed by atoms with E-state index in [4.69, 9.17) is 0 Å². The number of nitrogens with one attached hydrogen (secondary N) is 2. The van der Waals surface area contributed by atoms with E-state index < -0.39 is 0 Å². The fourth-order valence-electron chi connectivity index (χ4n) is 2.83. The van der Waals surface area contributed by atoms with E-state index in [0.717, 1.165) is 31.6 Å². The smallest absolute Gasteiger partial charge is 0.0143 e. The van der Waals surface area contributed by atoms with Crippen LogP contribution in [0.4, 0.5) is 0 Å². The first-order chi connectivity index (χ1) is 8.93. The van der Waals surface area contributed by atoms with Gasteiger partial charge in [-0.3, -0.25) is 4.90 Å². The van der Waals surface area contributed by atoms with E-state index in [1.54, 1.807) is 0 Å². The van der Waals surface area contributed by atoms with Gasteiger partial charge in [0.25, 0.3) is 0 Å². The molecule has 1 heterocycles. The number of rotatable bonds is 5. The molecule has 20 heavy (non-hydrogen) atoms. The van der Waals surface area contributed by atoms with E-state index >= 15 is 0 Å². The molecule has 1 saturated carbocycles. The highest BCUT2D eigenvalue weighted by molar-refractivity contribution is 5.85. The van der Waals surface area contributed by atoms with E-state index in [2.05, 4.69) is 45.9 Å². The molecule has 0 radical (unpaired) electrons. The van der Waals surface area contributed by atoms with Crippen LogP contribution in [-0.2, 0) is 0 Å². The number of hydrogen-bond donors (Lipinski definition) is 2. The minimum Gasteiger partial charge on any atom is -0.314 e. The Morgan fingerprint density at radius 2 is 1.80 bits per heavy atom. The van der Waals surface area contributed by atoms with Crippen LogP contribution in [0.15, 0.2) is 30.3 Å². The summed E-state index contributed by atoms with van der Waals surface area (Å²) in [7, 11) is 0. The summed E-state index contributed by atoms with van der Waals surface area (Å²) in [6.07, 6.45) is 1.31. The van der Waals surface area contributed by atoms with Gasteiger partial charge in [0.05, 0.1) is 0 Å². The summed E-state index contributed by atoms with van der Waals surface area (Å²) in [6, 6.07) is 11.6. The molecule has 1 aliphatic carbocycles. The van der Waals surface area contributed by atoms with Gasteiger partial charge in [0.15, 0.2) is 0 Å². The summed E-state index contributed by atoms with van der Waals surface area (Å²) in [6.45, 7) is 7.03. The largest absolute Gasteiger partial charge is 0.314 e. The second kappa shape index (κ2) is 8.85. The van der Waals surface area contributed by atoms with E-state index in [9.17, 15) is 0 Å². The van der Waals surface area contributed by atoms with Crippen LogP contribution in [0.25, 0.3) is 0 Å². The van der Waals surface area contributed by atoms with Crippen molar-refractivity contribution in [2.45, 2.75) is 18.4 Å². The summed E-state index contributed by atoms with van der Waals surface area (Å²) in [5.41, 5.74) is 1.50. The second-order valence-corrected chi connectivity index (χ2v) is 5.41. The monoisotopic (exact) mass is 317 g/mol. The van der Waals surface area contributed by atoms with Gasteiger partial charge in [-0.05, 0) is 12.0 Å². The lowest BCUT2D eigenvalue weighted by molar-refractivity contribution is 0.241. The first-order valence-electron chi connectivity index (χ1n) is 7.15. The third kappa shape index (κ3) is 4.90. The Balaban J connectivity index is 0.000001000. The van der Waals surface area contributed by atoms with E-state index in [1.807, 2.05) is 0 Å². The summed E-state index contributed by atoms with van der Waals surface area (Å²) >= 11 is 0. The lowest BCUT2D eigenvalue weighted by Crippen LogP contribution is -2.46. The standard InChI is InChI=1S/C15H23N3.2ClH/c1-2-4-13(5-3-1)14-12-15(14)17-8-11-18-9-6-16-7-10-18;;/h1-5,14-17H,6-12H2;2*1H/t14?,15-;;/m0../s1. The maximum Gasteiger partial charge on any atom is 0.0143 e. The molecular formula is C15H25Cl2N3. The fourth-order valence-corrected chi connectivity index (χ4v) is 2.83. The SMILES string of the molecule is Cl.Cl.c1ccc(C2C[C@@H]2NCCN2CCNCC2)cc1. The Hall–Kier alpha value is -0.320. The minimum atomic E-state index is 0. The fraction of sp³-hybridized carbons (Fsp3) is 0.600. The number of nitrogens with zero attached hydrogens (tertiary/aromatic N) is 1. The molecule has 0 spiro atoms. The Morgan fingerprint density at radius 3 is 2.50 bits per heavy atom. The average molecular weight is 318 g/mol. The van der Waals surface area contributed by atoms with Crippen molar-refractivity contribution >= 4 is 24.8 Å². The molecule has 2 atom stereocenters. The third-order valence-electron chi connectivity index (χ3n) is 4.06. The number of benzene rings is 1. The zero-order valence-corrected chi connectivity index (χ0v) is 13.4. The molecule has 0 aromatic heterocycles. The van der Waals surface area contributed by atoms with Gasteiger partial charge < -0.3 is 10.6 Å². The first-order valence-corrected chi connectivity index (χ1v) is 7.15. The molecule has 0 amide bonds. The quantitative estimate of drug-likeness (QED) is 0.868. The average Bonchev–Trinajstić information content (AvgIpc) is 3.21. The van der Waals surface area contributed by atoms with Gasteiger partial charge in [-0.15, -0.1) is 24.8 Å². The van der Waals surface area contributed by atoms with Crippen LogP contribution in [0.5, 0.6) is 0 Å². The first kappa shape index (κ1) is 17.7. The van der Waals surface area contributed by atoms with Crippen LogP contribution in [0.1, 0.15) is 17.9 Å². The Labute approximate surface area is 134 Å². The molecule has 1 aromatic carbocycles. The molecule has 5 heteroatoms. The molecule has 2 N–H and O–H groups in total. The molecule has 1 aromatic rings. The highest BCUT2D eigenvalue weighted by atomic mass is 35.5. The van der Waals surface area contributed by atoms with Crippen molar-refractivity contribution in [1.82, 2.24) is 15.5 Å². The molecule has 1 aliphatic heterocycles. The van der Waals surface area contributed by atoms with Crippen LogP contribution >= 0.6 is 24.8 Å². The van der Waals surface area contributed by atoms with E-state index in [0.29, 0.717) is 0 Å². The normalized spacial score (nSPS) is 25.4. The third-order valence-corrected chi connectivity index (χ3v) is 4.06. The number of piperazine rings is 1. The van der Waals surface area contributed by atoms with E-state index in [1.165, 1.54) is 31.6 Å². The predicted octanol–water partition coefficient (Wildman–Crippen LogP) is 1.88. The molecule has 2 aliphatic rings. The maximum atomic E-state index is 3.69. The van der Waals surface area contributed by atoms with Gasteiger partial charge in [0, 0.05) is 51.2 Å². The summed E-state index contributed by atoms with van der Waals surface area (Å²) in [4.78, 5) is 2.55. The minimum absolute atomic E-state index is 0. The molecule has 1 saturated heterocycles. The van der Waals surface area contributed by atoms with Gasteiger partial charge in [-0.1, -0.05) is 30.3 Å². The number of hydrogen-bond acceptors (Lipinski definition) is 3. The van der Waals surface area contributed by atoms with Crippen molar-refractivity contribution in [1.29, 1.82) is 0 Å². The maximum absolute atomic E-state index is 3.69. The molecule has 0 bridgehead atoms. The highest BCUT2D eigenvalue weighted by Gasteiger charge is 2.37. The summed E-state index contributed by atoms with van der Waals surface area (Å²) < 4.78 is 0. The van der Waals surface area contributed by atoms with Crippen molar-refractivity contribution in [3.63, 3.8) is 0 Å². The van der Waals surface area contributed by atoms with Crippen molar-refractivity contribution in [3.8, 4) is 0 Å². The van der Waals surface area contributed by atoms with Gasteiger partial charge >= 0.3 is 0 Å². The second-order valence-electron chi connectivity index (χ2n) is 5.41. The van der Waals surface area contributed by atoms with Crippen molar-refractivity contribution < 1.29 is 0 Å². The zero-order valence-electron chi connectivity index (χ0n) is 11.8. The van der Waals surface area contributed by atoms with Crippen LogP contribution in [0.3, 0.4) is 0 Å². The van der Waals surface area contributed by atoms with Gasteiger partial charge in [0.1, 0.15) is 0 Å². The Morgan fingerprint density at radius 1 is 1.10 bits per heavy atom. The van der Waals surface area contributed by atoms with Crippen LogP contribution < -0.4 is 10.6 Å². The Kier molecular flexibility index (Phi) is 7.85. The van der Waals surface area contributed by atoms with Crippen LogP contribution in [0, 0.1) is 0 Å². The lowest BCUT2D eigenvalue weighted by atomic mass is 10.1. The summed E-state index contributed by atoms with van der Waals surface area (Å²) in [5.74, 6) is 0.759.